The highest BCUT2D eigenvalue weighted by atomic mass is 32.2. The molecule has 0 saturated heterocycles. The quantitative estimate of drug-likeness (QED) is 0.712. The predicted molar refractivity (Wildman–Crippen MR) is 79.1 cm³/mol. The summed E-state index contributed by atoms with van der Waals surface area (Å²) in [4.78, 5) is 11.1. The molecule has 0 aliphatic rings. The molecule has 21 heavy (non-hydrogen) atoms. The first kappa shape index (κ1) is 17.6. The minimum Gasteiger partial charge on any atom is -0.478 e. The molecule has 2 N–H and O–H groups in total. The maximum absolute atomic E-state index is 12.1. The summed E-state index contributed by atoms with van der Waals surface area (Å²) in [5, 5.41) is 9.13. The van der Waals surface area contributed by atoms with E-state index >= 15 is 0 Å². The Hall–Kier alpha value is -1.44. The Balaban J connectivity index is 2.88. The molecule has 0 aromatic heterocycles. The number of carboxylic acids is 1. The second-order valence-corrected chi connectivity index (χ2v) is 6.56. The van der Waals surface area contributed by atoms with Gasteiger partial charge < -0.3 is 9.84 Å². The Labute approximate surface area is 125 Å². The maximum Gasteiger partial charge on any atom is 0.336 e. The number of hydrogen-bond acceptors (Lipinski definition) is 4. The van der Waals surface area contributed by atoms with Gasteiger partial charge in [-0.1, -0.05) is 13.0 Å². The van der Waals surface area contributed by atoms with Crippen molar-refractivity contribution in [2.75, 3.05) is 13.2 Å². The monoisotopic (exact) mass is 315 g/mol. The topological polar surface area (TPSA) is 92.7 Å². The van der Waals surface area contributed by atoms with Gasteiger partial charge in [0, 0.05) is 6.54 Å². The summed E-state index contributed by atoms with van der Waals surface area (Å²) >= 11 is 0. The number of sulfonamides is 1. The standard InChI is InChI=1S/C14H21NO5S/c1-4-11-5-6-12(9-13(11)14(16)17)21(18,19)15-7-8-20-10(2)3/h5-6,9-10,15H,4,7-8H2,1-3H3,(H,16,17). The van der Waals surface area contributed by atoms with Crippen LogP contribution >= 0.6 is 0 Å². The molecule has 0 radical (unpaired) electrons. The van der Waals surface area contributed by atoms with E-state index in [0.717, 1.165) is 0 Å². The lowest BCUT2D eigenvalue weighted by atomic mass is 10.1. The molecule has 0 aliphatic heterocycles. The molecule has 0 amide bonds. The molecule has 0 saturated carbocycles. The number of carbonyl (C=O) groups is 1. The van der Waals surface area contributed by atoms with Crippen molar-refractivity contribution in [3.8, 4) is 0 Å². The summed E-state index contributed by atoms with van der Waals surface area (Å²) in [5.74, 6) is -1.13. The average Bonchev–Trinajstić information content (AvgIpc) is 2.42. The minimum atomic E-state index is -3.73. The van der Waals surface area contributed by atoms with E-state index in [1.807, 2.05) is 20.8 Å². The number of aryl methyl sites for hydroxylation is 1. The largest absolute Gasteiger partial charge is 0.478 e. The van der Waals surface area contributed by atoms with E-state index in [0.29, 0.717) is 12.0 Å². The van der Waals surface area contributed by atoms with E-state index in [1.54, 1.807) is 0 Å². The highest BCUT2D eigenvalue weighted by Crippen LogP contribution is 2.17. The molecule has 7 heteroatoms. The molecule has 0 bridgehead atoms. The number of hydrogen-bond donors (Lipinski definition) is 2. The third-order valence-corrected chi connectivity index (χ3v) is 4.31. The molecule has 118 valence electrons. The zero-order valence-corrected chi connectivity index (χ0v) is 13.2. The van der Waals surface area contributed by atoms with Gasteiger partial charge >= 0.3 is 5.97 Å². The van der Waals surface area contributed by atoms with Crippen LogP contribution in [0.15, 0.2) is 23.1 Å². The molecule has 0 atom stereocenters. The van der Waals surface area contributed by atoms with Crippen LogP contribution in [0.2, 0.25) is 0 Å². The lowest BCUT2D eigenvalue weighted by Gasteiger charge is -2.11. The third-order valence-electron chi connectivity index (χ3n) is 2.85. The second-order valence-electron chi connectivity index (χ2n) is 4.79. The summed E-state index contributed by atoms with van der Waals surface area (Å²) in [6.45, 7) is 5.93. The van der Waals surface area contributed by atoms with E-state index in [1.165, 1.54) is 18.2 Å². The van der Waals surface area contributed by atoms with Crippen LogP contribution in [0.5, 0.6) is 0 Å². The van der Waals surface area contributed by atoms with Gasteiger partial charge in [-0.05, 0) is 38.0 Å². The molecular formula is C14H21NO5S. The molecular weight excluding hydrogens is 294 g/mol. The van der Waals surface area contributed by atoms with Crippen molar-refractivity contribution < 1.29 is 23.1 Å². The number of rotatable bonds is 8. The minimum absolute atomic E-state index is 0.0128. The number of aromatic carboxylic acids is 1. The Morgan fingerprint density at radius 2 is 2.05 bits per heavy atom. The first-order valence-corrected chi connectivity index (χ1v) is 8.23. The predicted octanol–water partition coefficient (Wildman–Crippen LogP) is 1.65. The van der Waals surface area contributed by atoms with Crippen molar-refractivity contribution in [1.82, 2.24) is 4.72 Å². The van der Waals surface area contributed by atoms with E-state index < -0.39 is 16.0 Å². The summed E-state index contributed by atoms with van der Waals surface area (Å²) in [7, 11) is -3.73. The lowest BCUT2D eigenvalue weighted by molar-refractivity contribution is 0.0695. The second kappa shape index (κ2) is 7.53. The molecule has 0 heterocycles. The van der Waals surface area contributed by atoms with Gasteiger partial charge in [0.05, 0.1) is 23.2 Å². The molecule has 0 fully saturated rings. The summed E-state index contributed by atoms with van der Waals surface area (Å²) < 4.78 is 31.8. The average molecular weight is 315 g/mol. The highest BCUT2D eigenvalue weighted by molar-refractivity contribution is 7.89. The molecule has 1 rings (SSSR count). The lowest BCUT2D eigenvalue weighted by Crippen LogP contribution is -2.28. The zero-order valence-electron chi connectivity index (χ0n) is 12.4. The van der Waals surface area contributed by atoms with Crippen molar-refractivity contribution in [2.24, 2.45) is 0 Å². The van der Waals surface area contributed by atoms with Crippen LogP contribution in [-0.4, -0.2) is 38.7 Å². The zero-order chi connectivity index (χ0) is 16.0. The van der Waals surface area contributed by atoms with Gasteiger partial charge in [-0.25, -0.2) is 17.9 Å². The molecule has 6 nitrogen and oxygen atoms in total. The van der Waals surface area contributed by atoms with E-state index in [4.69, 9.17) is 9.84 Å². The smallest absolute Gasteiger partial charge is 0.336 e. The number of ether oxygens (including phenoxy) is 1. The fourth-order valence-corrected chi connectivity index (χ4v) is 2.82. The van der Waals surface area contributed by atoms with Crippen LogP contribution in [-0.2, 0) is 21.2 Å². The SMILES string of the molecule is CCc1ccc(S(=O)(=O)NCCOC(C)C)cc1C(=O)O. The van der Waals surface area contributed by atoms with Crippen LogP contribution in [0.1, 0.15) is 36.7 Å². The Bertz CT molecular complexity index is 595. The van der Waals surface area contributed by atoms with Crippen LogP contribution < -0.4 is 4.72 Å². The first-order valence-electron chi connectivity index (χ1n) is 6.75. The van der Waals surface area contributed by atoms with Gasteiger partial charge in [-0.15, -0.1) is 0 Å². The Kier molecular flexibility index (Phi) is 6.32. The van der Waals surface area contributed by atoms with Crippen molar-refractivity contribution in [3.63, 3.8) is 0 Å². The third kappa shape index (κ3) is 5.11. The van der Waals surface area contributed by atoms with E-state index in [2.05, 4.69) is 4.72 Å². The van der Waals surface area contributed by atoms with Crippen molar-refractivity contribution in [3.05, 3.63) is 29.3 Å². The molecule has 1 aromatic carbocycles. The van der Waals surface area contributed by atoms with Crippen LogP contribution in [0.4, 0.5) is 0 Å². The Morgan fingerprint density at radius 3 is 2.57 bits per heavy atom. The first-order chi connectivity index (χ1) is 9.77. The van der Waals surface area contributed by atoms with Crippen molar-refractivity contribution >= 4 is 16.0 Å². The van der Waals surface area contributed by atoms with Gasteiger partial charge in [0.15, 0.2) is 0 Å². The highest BCUT2D eigenvalue weighted by Gasteiger charge is 2.18. The van der Waals surface area contributed by atoms with Crippen LogP contribution in [0.25, 0.3) is 0 Å². The summed E-state index contributed by atoms with van der Waals surface area (Å²) in [6, 6.07) is 4.13. The van der Waals surface area contributed by atoms with Crippen molar-refractivity contribution in [1.29, 1.82) is 0 Å². The summed E-state index contributed by atoms with van der Waals surface area (Å²) in [6.07, 6.45) is 0.550. The number of benzene rings is 1. The maximum atomic E-state index is 12.1. The van der Waals surface area contributed by atoms with Gasteiger partial charge in [0.25, 0.3) is 0 Å². The van der Waals surface area contributed by atoms with E-state index in [9.17, 15) is 13.2 Å². The van der Waals surface area contributed by atoms with Gasteiger partial charge in [-0.3, -0.25) is 0 Å². The molecule has 0 spiro atoms. The van der Waals surface area contributed by atoms with Gasteiger partial charge in [-0.2, -0.15) is 0 Å². The van der Waals surface area contributed by atoms with Crippen LogP contribution in [0.3, 0.4) is 0 Å². The van der Waals surface area contributed by atoms with Crippen LogP contribution in [0, 0.1) is 0 Å². The molecule has 0 unspecified atom stereocenters. The van der Waals surface area contributed by atoms with Crippen molar-refractivity contribution in [2.45, 2.75) is 38.2 Å². The summed E-state index contributed by atoms with van der Waals surface area (Å²) in [5.41, 5.74) is 0.614. The number of nitrogens with one attached hydrogen (secondary N) is 1. The Morgan fingerprint density at radius 1 is 1.38 bits per heavy atom. The van der Waals surface area contributed by atoms with Gasteiger partial charge in [0.1, 0.15) is 0 Å². The van der Waals surface area contributed by atoms with E-state index in [-0.39, 0.29) is 29.7 Å². The fraction of sp³-hybridized carbons (Fsp3) is 0.500. The number of carboxylic acid groups (broad SMARTS) is 1. The molecule has 1 aromatic rings. The van der Waals surface area contributed by atoms with Gasteiger partial charge in [0.2, 0.25) is 10.0 Å². The normalized spacial score (nSPS) is 11.8. The fourth-order valence-electron chi connectivity index (χ4n) is 1.78. The molecule has 0 aliphatic carbocycles.